The van der Waals surface area contributed by atoms with Crippen molar-refractivity contribution in [2.45, 2.75) is 25.3 Å². The molecule has 20 heavy (non-hydrogen) atoms. The molecule has 1 atom stereocenters. The lowest BCUT2D eigenvalue weighted by Crippen LogP contribution is -2.17. The molecule has 1 aliphatic carbocycles. The van der Waals surface area contributed by atoms with Gasteiger partial charge in [0.1, 0.15) is 11.5 Å². The topological polar surface area (TPSA) is 52.5 Å². The normalized spacial score (nSPS) is 17.6. The molecule has 0 spiro atoms. The number of benzene rings is 2. The van der Waals surface area contributed by atoms with Gasteiger partial charge in [-0.1, -0.05) is 17.7 Å². The molecule has 0 heterocycles. The molecule has 0 saturated carbocycles. The molecule has 0 bridgehead atoms. The van der Waals surface area contributed by atoms with Gasteiger partial charge in [0.25, 0.3) is 0 Å². The molecule has 0 saturated heterocycles. The summed E-state index contributed by atoms with van der Waals surface area (Å²) in [5.41, 5.74) is 3.30. The first-order valence-electron chi connectivity index (χ1n) is 6.70. The van der Waals surface area contributed by atoms with Crippen LogP contribution >= 0.6 is 11.6 Å². The summed E-state index contributed by atoms with van der Waals surface area (Å²) < 4.78 is 0. The molecule has 0 aliphatic heterocycles. The third kappa shape index (κ3) is 2.54. The number of hydrogen-bond acceptors (Lipinski definition) is 3. The van der Waals surface area contributed by atoms with E-state index in [1.165, 1.54) is 11.1 Å². The molecule has 1 unspecified atom stereocenters. The van der Waals surface area contributed by atoms with Crippen LogP contribution in [0.15, 0.2) is 36.4 Å². The van der Waals surface area contributed by atoms with Gasteiger partial charge in [0.15, 0.2) is 0 Å². The number of aromatic hydroxyl groups is 2. The number of rotatable bonds is 2. The van der Waals surface area contributed by atoms with Gasteiger partial charge in [-0.3, -0.25) is 0 Å². The predicted octanol–water partition coefficient (Wildman–Crippen LogP) is 4.24. The summed E-state index contributed by atoms with van der Waals surface area (Å²) in [7, 11) is 0. The lowest BCUT2D eigenvalue weighted by atomic mass is 9.87. The number of phenolic OH excluding ortho intramolecular Hbond substituents is 2. The smallest absolute Gasteiger partial charge is 0.134 e. The molecule has 104 valence electrons. The van der Waals surface area contributed by atoms with E-state index in [1.54, 1.807) is 18.2 Å². The van der Waals surface area contributed by atoms with E-state index in [-0.39, 0.29) is 11.8 Å². The first-order chi connectivity index (χ1) is 9.63. The second kappa shape index (κ2) is 5.25. The van der Waals surface area contributed by atoms with Crippen molar-refractivity contribution in [2.24, 2.45) is 0 Å². The van der Waals surface area contributed by atoms with Crippen LogP contribution in [0.2, 0.25) is 5.02 Å². The van der Waals surface area contributed by atoms with Crippen LogP contribution < -0.4 is 5.32 Å². The summed E-state index contributed by atoms with van der Waals surface area (Å²) in [6.07, 6.45) is 3.12. The summed E-state index contributed by atoms with van der Waals surface area (Å²) in [5.74, 6) is 0.406. The molecule has 0 aromatic heterocycles. The third-order valence-electron chi connectivity index (χ3n) is 3.73. The second-order valence-electron chi connectivity index (χ2n) is 5.14. The number of anilines is 1. The quantitative estimate of drug-likeness (QED) is 0.725. The highest BCUT2D eigenvalue weighted by atomic mass is 35.5. The molecule has 3 rings (SSSR count). The van der Waals surface area contributed by atoms with Crippen LogP contribution in [-0.2, 0) is 6.42 Å². The summed E-state index contributed by atoms with van der Waals surface area (Å²) in [6, 6.07) is 10.9. The minimum atomic E-state index is 0.0891. The van der Waals surface area contributed by atoms with Crippen LogP contribution in [0, 0.1) is 0 Å². The van der Waals surface area contributed by atoms with Crippen molar-refractivity contribution in [3.8, 4) is 11.5 Å². The summed E-state index contributed by atoms with van der Waals surface area (Å²) in [4.78, 5) is 0. The standard InChI is InChI=1S/C16H16ClNO2/c17-14-9-11(4-7-16(14)20)18-15-3-1-2-10-8-12(19)5-6-13(10)15/h4-9,15,18-20H,1-3H2. The molecule has 0 fully saturated rings. The molecule has 0 radical (unpaired) electrons. The van der Waals surface area contributed by atoms with E-state index < -0.39 is 0 Å². The van der Waals surface area contributed by atoms with Crippen molar-refractivity contribution in [1.29, 1.82) is 0 Å². The van der Waals surface area contributed by atoms with Gasteiger partial charge in [0, 0.05) is 5.69 Å². The summed E-state index contributed by atoms with van der Waals surface area (Å²) >= 11 is 5.93. The second-order valence-corrected chi connectivity index (χ2v) is 5.55. The van der Waals surface area contributed by atoms with Crippen LogP contribution in [0.1, 0.15) is 30.0 Å². The Hall–Kier alpha value is -1.87. The van der Waals surface area contributed by atoms with E-state index in [1.807, 2.05) is 18.2 Å². The fourth-order valence-electron chi connectivity index (χ4n) is 2.75. The van der Waals surface area contributed by atoms with Gasteiger partial charge in [0.2, 0.25) is 0 Å². The first kappa shape index (κ1) is 13.1. The summed E-state index contributed by atoms with van der Waals surface area (Å²) in [5, 5.41) is 22.8. The molecule has 2 aromatic carbocycles. The van der Waals surface area contributed by atoms with Gasteiger partial charge in [-0.05, 0) is 60.7 Å². The maximum absolute atomic E-state index is 9.57. The van der Waals surface area contributed by atoms with E-state index in [0.29, 0.717) is 10.8 Å². The SMILES string of the molecule is Oc1ccc2c(c1)CCCC2Nc1ccc(O)c(Cl)c1. The number of phenols is 2. The van der Waals surface area contributed by atoms with Crippen molar-refractivity contribution in [1.82, 2.24) is 0 Å². The fourth-order valence-corrected chi connectivity index (χ4v) is 2.93. The molecule has 0 amide bonds. The van der Waals surface area contributed by atoms with Gasteiger partial charge in [-0.15, -0.1) is 0 Å². The van der Waals surface area contributed by atoms with Crippen LogP contribution in [0.25, 0.3) is 0 Å². The van der Waals surface area contributed by atoms with E-state index in [2.05, 4.69) is 5.32 Å². The van der Waals surface area contributed by atoms with Gasteiger partial charge >= 0.3 is 0 Å². The Labute approximate surface area is 122 Å². The Balaban J connectivity index is 1.87. The first-order valence-corrected chi connectivity index (χ1v) is 7.08. The Bertz CT molecular complexity index is 642. The highest BCUT2D eigenvalue weighted by Gasteiger charge is 2.20. The number of fused-ring (bicyclic) bond motifs is 1. The monoisotopic (exact) mass is 289 g/mol. The lowest BCUT2D eigenvalue weighted by molar-refractivity contribution is 0.472. The minimum Gasteiger partial charge on any atom is -0.508 e. The molecule has 1 aliphatic rings. The number of nitrogens with one attached hydrogen (secondary N) is 1. The van der Waals surface area contributed by atoms with Crippen LogP contribution in [0.3, 0.4) is 0 Å². The van der Waals surface area contributed by atoms with E-state index in [0.717, 1.165) is 24.9 Å². The van der Waals surface area contributed by atoms with Crippen LogP contribution in [0.4, 0.5) is 5.69 Å². The molecule has 2 aromatic rings. The molecule has 4 heteroatoms. The Morgan fingerprint density at radius 1 is 1.10 bits per heavy atom. The van der Waals surface area contributed by atoms with Crippen molar-refractivity contribution in [2.75, 3.05) is 5.32 Å². The Kier molecular flexibility index (Phi) is 3.45. The molecular weight excluding hydrogens is 274 g/mol. The van der Waals surface area contributed by atoms with Gasteiger partial charge in [-0.25, -0.2) is 0 Å². The average Bonchev–Trinajstić information content (AvgIpc) is 2.43. The predicted molar refractivity (Wildman–Crippen MR) is 80.5 cm³/mol. The third-order valence-corrected chi connectivity index (χ3v) is 4.03. The fraction of sp³-hybridized carbons (Fsp3) is 0.250. The van der Waals surface area contributed by atoms with E-state index in [9.17, 15) is 10.2 Å². The lowest BCUT2D eigenvalue weighted by Gasteiger charge is -2.27. The zero-order valence-electron chi connectivity index (χ0n) is 10.9. The highest BCUT2D eigenvalue weighted by Crippen LogP contribution is 2.35. The molecule has 3 nitrogen and oxygen atoms in total. The van der Waals surface area contributed by atoms with Crippen LogP contribution in [-0.4, -0.2) is 10.2 Å². The average molecular weight is 290 g/mol. The Morgan fingerprint density at radius 2 is 1.95 bits per heavy atom. The van der Waals surface area contributed by atoms with E-state index >= 15 is 0 Å². The van der Waals surface area contributed by atoms with Gasteiger partial charge in [-0.2, -0.15) is 0 Å². The minimum absolute atomic E-state index is 0.0891. The number of halogens is 1. The Morgan fingerprint density at radius 3 is 2.75 bits per heavy atom. The zero-order chi connectivity index (χ0) is 14.1. The number of hydrogen-bond donors (Lipinski definition) is 3. The van der Waals surface area contributed by atoms with Crippen molar-refractivity contribution in [3.05, 3.63) is 52.5 Å². The van der Waals surface area contributed by atoms with Gasteiger partial charge < -0.3 is 15.5 Å². The molecular formula is C16H16ClNO2. The summed E-state index contributed by atoms with van der Waals surface area (Å²) in [6.45, 7) is 0. The van der Waals surface area contributed by atoms with Crippen molar-refractivity contribution in [3.63, 3.8) is 0 Å². The van der Waals surface area contributed by atoms with Crippen LogP contribution in [0.5, 0.6) is 11.5 Å². The van der Waals surface area contributed by atoms with E-state index in [4.69, 9.17) is 11.6 Å². The highest BCUT2D eigenvalue weighted by molar-refractivity contribution is 6.32. The largest absolute Gasteiger partial charge is 0.508 e. The maximum atomic E-state index is 9.57. The van der Waals surface area contributed by atoms with Crippen molar-refractivity contribution < 1.29 is 10.2 Å². The van der Waals surface area contributed by atoms with Gasteiger partial charge in [0.05, 0.1) is 11.1 Å². The molecule has 3 N–H and O–H groups in total. The van der Waals surface area contributed by atoms with Crippen molar-refractivity contribution >= 4 is 17.3 Å². The number of aryl methyl sites for hydroxylation is 1. The maximum Gasteiger partial charge on any atom is 0.134 e. The zero-order valence-corrected chi connectivity index (χ0v) is 11.7.